The highest BCUT2D eigenvalue weighted by atomic mass is 16.5. The topological polar surface area (TPSA) is 73.2 Å². The lowest BCUT2D eigenvalue weighted by Crippen LogP contribution is -2.22. The van der Waals surface area contributed by atoms with Gasteiger partial charge in [-0.15, -0.1) is 0 Å². The van der Waals surface area contributed by atoms with Crippen LogP contribution in [0.15, 0.2) is 79.0 Å². The van der Waals surface area contributed by atoms with E-state index in [2.05, 4.69) is 34.7 Å². The summed E-state index contributed by atoms with van der Waals surface area (Å²) in [4.78, 5) is 23.8. The van der Waals surface area contributed by atoms with Crippen molar-refractivity contribution in [2.45, 2.75) is 13.5 Å². The van der Waals surface area contributed by atoms with E-state index in [9.17, 15) is 9.59 Å². The number of benzene rings is 3. The Kier molecular flexibility index (Phi) is 5.57. The third-order valence-electron chi connectivity index (χ3n) is 4.79. The van der Waals surface area contributed by atoms with E-state index in [0.717, 1.165) is 16.3 Å². The first-order chi connectivity index (χ1) is 14.6. The molecule has 0 atom stereocenters. The highest BCUT2D eigenvalue weighted by Gasteiger charge is 2.10. The van der Waals surface area contributed by atoms with E-state index in [-0.39, 0.29) is 18.3 Å². The Labute approximate surface area is 174 Å². The van der Waals surface area contributed by atoms with Crippen molar-refractivity contribution >= 4 is 28.3 Å². The van der Waals surface area contributed by atoms with Crippen LogP contribution in [0, 0.1) is 0 Å². The first-order valence-corrected chi connectivity index (χ1v) is 9.62. The Morgan fingerprint density at radius 2 is 1.80 bits per heavy atom. The molecule has 0 unspecified atom stereocenters. The Hall–Kier alpha value is -3.93. The molecular formula is C24H21N3O3. The van der Waals surface area contributed by atoms with Gasteiger partial charge in [0, 0.05) is 11.6 Å². The number of Topliss-reactive ketones (excluding diaryl/α,β-unsaturated/α-hetero) is 1. The normalized spacial score (nSPS) is 10.7. The van der Waals surface area contributed by atoms with Crippen molar-refractivity contribution in [2.24, 2.45) is 0 Å². The first kappa shape index (κ1) is 19.4. The molecule has 0 spiro atoms. The van der Waals surface area contributed by atoms with Crippen LogP contribution in [0.3, 0.4) is 0 Å². The molecule has 6 nitrogen and oxygen atoms in total. The van der Waals surface area contributed by atoms with Crippen molar-refractivity contribution in [3.8, 4) is 5.75 Å². The Morgan fingerprint density at radius 1 is 1.00 bits per heavy atom. The van der Waals surface area contributed by atoms with Crippen molar-refractivity contribution in [3.63, 3.8) is 0 Å². The number of anilines is 1. The number of hydrogen-bond donors (Lipinski definition) is 1. The van der Waals surface area contributed by atoms with E-state index in [1.807, 2.05) is 18.2 Å². The van der Waals surface area contributed by atoms with E-state index in [4.69, 9.17) is 4.74 Å². The monoisotopic (exact) mass is 399 g/mol. The van der Waals surface area contributed by atoms with Crippen LogP contribution in [0.1, 0.15) is 22.8 Å². The van der Waals surface area contributed by atoms with Crippen LogP contribution in [0.25, 0.3) is 10.8 Å². The smallest absolute Gasteiger partial charge is 0.263 e. The molecule has 0 aliphatic rings. The van der Waals surface area contributed by atoms with Gasteiger partial charge in [0.2, 0.25) is 0 Å². The summed E-state index contributed by atoms with van der Waals surface area (Å²) in [6, 6.07) is 22.8. The molecule has 3 aromatic carbocycles. The van der Waals surface area contributed by atoms with Gasteiger partial charge in [0.05, 0.1) is 12.7 Å². The largest absolute Gasteiger partial charge is 0.484 e. The zero-order valence-corrected chi connectivity index (χ0v) is 16.5. The van der Waals surface area contributed by atoms with Crippen LogP contribution in [-0.4, -0.2) is 28.1 Å². The molecule has 1 N–H and O–H groups in total. The van der Waals surface area contributed by atoms with Crippen LogP contribution in [0.2, 0.25) is 0 Å². The molecule has 1 aromatic heterocycles. The number of hydrogen-bond acceptors (Lipinski definition) is 4. The molecule has 0 radical (unpaired) electrons. The van der Waals surface area contributed by atoms with Crippen LogP contribution in [0.4, 0.5) is 5.82 Å². The van der Waals surface area contributed by atoms with Crippen molar-refractivity contribution in [2.75, 3.05) is 11.9 Å². The van der Waals surface area contributed by atoms with E-state index < -0.39 is 0 Å². The lowest BCUT2D eigenvalue weighted by molar-refractivity contribution is -0.118. The van der Waals surface area contributed by atoms with E-state index in [1.54, 1.807) is 41.2 Å². The first-order valence-electron chi connectivity index (χ1n) is 9.62. The lowest BCUT2D eigenvalue weighted by atomic mass is 10.0. The SMILES string of the molecule is CC(=O)c1cccc(OCC(=O)Nc2ccnn2Cc2cccc3ccccc23)c1. The minimum absolute atomic E-state index is 0.0535. The van der Waals surface area contributed by atoms with E-state index >= 15 is 0 Å². The molecule has 0 aliphatic carbocycles. The van der Waals surface area contributed by atoms with Crippen molar-refractivity contribution in [3.05, 3.63) is 90.1 Å². The number of ketones is 1. The molecule has 1 amide bonds. The molecule has 150 valence electrons. The van der Waals surface area contributed by atoms with Gasteiger partial charge in [-0.1, -0.05) is 54.6 Å². The summed E-state index contributed by atoms with van der Waals surface area (Å²) in [5.74, 6) is 0.710. The maximum atomic E-state index is 12.4. The zero-order chi connectivity index (χ0) is 20.9. The van der Waals surface area contributed by atoms with Gasteiger partial charge in [-0.25, -0.2) is 4.68 Å². The molecule has 6 heteroatoms. The average Bonchev–Trinajstić information content (AvgIpc) is 3.19. The zero-order valence-electron chi connectivity index (χ0n) is 16.5. The van der Waals surface area contributed by atoms with Gasteiger partial charge in [-0.05, 0) is 35.4 Å². The number of carbonyl (C=O) groups is 2. The summed E-state index contributed by atoms with van der Waals surface area (Å²) in [7, 11) is 0. The van der Waals surface area contributed by atoms with Crippen molar-refractivity contribution in [1.82, 2.24) is 9.78 Å². The Morgan fingerprint density at radius 3 is 2.67 bits per heavy atom. The predicted molar refractivity (Wildman–Crippen MR) is 116 cm³/mol. The van der Waals surface area contributed by atoms with Gasteiger partial charge in [0.1, 0.15) is 11.6 Å². The van der Waals surface area contributed by atoms with E-state index in [1.165, 1.54) is 6.92 Å². The van der Waals surface area contributed by atoms with Crippen LogP contribution < -0.4 is 10.1 Å². The summed E-state index contributed by atoms with van der Waals surface area (Å²) in [5, 5.41) is 9.50. The highest BCUT2D eigenvalue weighted by Crippen LogP contribution is 2.21. The molecule has 0 saturated heterocycles. The average molecular weight is 399 g/mol. The molecule has 4 aromatic rings. The summed E-state index contributed by atoms with van der Waals surface area (Å²) >= 11 is 0. The minimum atomic E-state index is -0.303. The summed E-state index contributed by atoms with van der Waals surface area (Å²) in [6.07, 6.45) is 1.65. The number of rotatable bonds is 7. The Balaban J connectivity index is 1.43. The number of ether oxygens (including phenoxy) is 1. The number of carbonyl (C=O) groups excluding carboxylic acids is 2. The fourth-order valence-corrected chi connectivity index (χ4v) is 3.29. The fourth-order valence-electron chi connectivity index (χ4n) is 3.29. The van der Waals surface area contributed by atoms with Crippen molar-refractivity contribution in [1.29, 1.82) is 0 Å². The second-order valence-corrected chi connectivity index (χ2v) is 6.93. The molecule has 1 heterocycles. The third-order valence-corrected chi connectivity index (χ3v) is 4.79. The van der Waals surface area contributed by atoms with Crippen LogP contribution >= 0.6 is 0 Å². The van der Waals surface area contributed by atoms with Gasteiger partial charge < -0.3 is 10.1 Å². The molecule has 0 bridgehead atoms. The predicted octanol–water partition coefficient (Wildman–Crippen LogP) is 4.30. The molecule has 4 rings (SSSR count). The van der Waals surface area contributed by atoms with Crippen LogP contribution in [-0.2, 0) is 11.3 Å². The summed E-state index contributed by atoms with van der Waals surface area (Å²) in [5.41, 5.74) is 1.66. The third kappa shape index (κ3) is 4.38. The van der Waals surface area contributed by atoms with Gasteiger partial charge in [0.25, 0.3) is 5.91 Å². The number of amides is 1. The molecule has 0 fully saturated rings. The molecule has 30 heavy (non-hydrogen) atoms. The summed E-state index contributed by atoms with van der Waals surface area (Å²) < 4.78 is 7.28. The van der Waals surface area contributed by atoms with Crippen LogP contribution in [0.5, 0.6) is 5.75 Å². The van der Waals surface area contributed by atoms with Gasteiger partial charge >= 0.3 is 0 Å². The fraction of sp³-hybridized carbons (Fsp3) is 0.125. The second-order valence-electron chi connectivity index (χ2n) is 6.93. The molecule has 0 saturated carbocycles. The maximum absolute atomic E-state index is 12.4. The number of nitrogens with zero attached hydrogens (tertiary/aromatic N) is 2. The van der Waals surface area contributed by atoms with Gasteiger partial charge in [0.15, 0.2) is 12.4 Å². The van der Waals surface area contributed by atoms with Gasteiger partial charge in [-0.2, -0.15) is 5.10 Å². The van der Waals surface area contributed by atoms with Gasteiger partial charge in [-0.3, -0.25) is 9.59 Å². The Bertz CT molecular complexity index is 1210. The maximum Gasteiger partial charge on any atom is 0.263 e. The number of aromatic nitrogens is 2. The number of nitrogens with one attached hydrogen (secondary N) is 1. The number of fused-ring (bicyclic) bond motifs is 1. The summed E-state index contributed by atoms with van der Waals surface area (Å²) in [6.45, 7) is 1.86. The van der Waals surface area contributed by atoms with E-state index in [0.29, 0.717) is 23.7 Å². The highest BCUT2D eigenvalue weighted by molar-refractivity contribution is 5.94. The van der Waals surface area contributed by atoms with Crippen molar-refractivity contribution < 1.29 is 14.3 Å². The molecular weight excluding hydrogens is 378 g/mol. The quantitative estimate of drug-likeness (QED) is 0.470. The second kappa shape index (κ2) is 8.61. The lowest BCUT2D eigenvalue weighted by Gasteiger charge is -2.12. The molecule has 0 aliphatic heterocycles. The minimum Gasteiger partial charge on any atom is -0.484 e. The standard InChI is InChI=1S/C24H21N3O3/c1-17(28)19-8-5-10-21(14-19)30-16-24(29)26-23-12-13-25-27(23)15-20-9-4-7-18-6-2-3-11-22(18)20/h2-14H,15-16H2,1H3,(H,26,29).